The number of nitrogens with one attached hydrogen (secondary N) is 2. The zero-order chi connectivity index (χ0) is 22.8. The Kier molecular flexibility index (Phi) is 6.17. The summed E-state index contributed by atoms with van der Waals surface area (Å²) in [5, 5.41) is 7.01. The molecule has 0 bridgehead atoms. The van der Waals surface area contributed by atoms with Crippen LogP contribution in [0.4, 0.5) is 5.69 Å². The van der Waals surface area contributed by atoms with Gasteiger partial charge in [0, 0.05) is 23.3 Å². The number of para-hydroxylation sites is 1. The van der Waals surface area contributed by atoms with Crippen molar-refractivity contribution in [3.05, 3.63) is 64.4 Å². The fraction of sp³-hybridized carbons (Fsp3) is 0.360. The summed E-state index contributed by atoms with van der Waals surface area (Å²) < 4.78 is 1.79. The van der Waals surface area contributed by atoms with Crippen molar-refractivity contribution in [1.29, 1.82) is 0 Å². The average Bonchev–Trinajstić information content (AvgIpc) is 3.47. The number of anilines is 1. The Morgan fingerprint density at radius 1 is 1.03 bits per heavy atom. The van der Waals surface area contributed by atoms with Crippen LogP contribution in [0, 0.1) is 0 Å². The molecule has 7 nitrogen and oxygen atoms in total. The molecule has 2 amide bonds. The van der Waals surface area contributed by atoms with E-state index in [-0.39, 0.29) is 35.2 Å². The number of aromatic nitrogens is 2. The molecule has 2 aliphatic carbocycles. The second-order valence-corrected chi connectivity index (χ2v) is 9.63. The molecule has 0 saturated heterocycles. The fourth-order valence-corrected chi connectivity index (χ4v) is 5.14. The number of benzene rings is 2. The van der Waals surface area contributed by atoms with Crippen molar-refractivity contribution < 1.29 is 9.59 Å². The van der Waals surface area contributed by atoms with Gasteiger partial charge in [0.1, 0.15) is 0 Å². The van der Waals surface area contributed by atoms with Crippen LogP contribution in [0.3, 0.4) is 0 Å². The standard InChI is InChI=1S/C25H26N4O3S/c30-22(26-18-7-5-6-16(14-18)23(31)27-17-12-13-17)15-33-25-28-21-11-4-3-10-20(21)24(32)29(25)19-8-1-2-9-19/h3-7,10-11,14,17,19H,1-2,8-9,12-13,15H2,(H,26,30)(H,27,31). The summed E-state index contributed by atoms with van der Waals surface area (Å²) in [4.78, 5) is 42.9. The molecule has 2 fully saturated rings. The molecular weight excluding hydrogens is 436 g/mol. The average molecular weight is 463 g/mol. The van der Waals surface area contributed by atoms with Crippen LogP contribution in [0.25, 0.3) is 10.9 Å². The Hall–Kier alpha value is -3.13. The Labute approximate surface area is 196 Å². The molecule has 0 radical (unpaired) electrons. The minimum absolute atomic E-state index is 0.0372. The van der Waals surface area contributed by atoms with Crippen LogP contribution >= 0.6 is 11.8 Å². The van der Waals surface area contributed by atoms with Crippen LogP contribution < -0.4 is 16.2 Å². The highest BCUT2D eigenvalue weighted by molar-refractivity contribution is 7.99. The van der Waals surface area contributed by atoms with Gasteiger partial charge in [-0.3, -0.25) is 19.0 Å². The van der Waals surface area contributed by atoms with E-state index in [1.54, 1.807) is 28.8 Å². The van der Waals surface area contributed by atoms with Gasteiger partial charge < -0.3 is 10.6 Å². The van der Waals surface area contributed by atoms with Crippen LogP contribution in [-0.4, -0.2) is 33.2 Å². The van der Waals surface area contributed by atoms with E-state index in [4.69, 9.17) is 4.98 Å². The van der Waals surface area contributed by atoms with E-state index in [0.717, 1.165) is 38.5 Å². The van der Waals surface area contributed by atoms with Crippen LogP contribution in [0.1, 0.15) is 54.9 Å². The van der Waals surface area contributed by atoms with Crippen molar-refractivity contribution in [2.24, 2.45) is 0 Å². The summed E-state index contributed by atoms with van der Waals surface area (Å²) in [6.45, 7) is 0. The Morgan fingerprint density at radius 3 is 2.61 bits per heavy atom. The molecule has 3 aromatic rings. The second-order valence-electron chi connectivity index (χ2n) is 8.69. The van der Waals surface area contributed by atoms with Gasteiger partial charge in [-0.25, -0.2) is 4.98 Å². The molecule has 0 unspecified atom stereocenters. The van der Waals surface area contributed by atoms with Crippen molar-refractivity contribution in [2.75, 3.05) is 11.1 Å². The fourth-order valence-electron chi connectivity index (χ4n) is 4.27. The molecule has 33 heavy (non-hydrogen) atoms. The first-order chi connectivity index (χ1) is 16.1. The highest BCUT2D eigenvalue weighted by Crippen LogP contribution is 2.32. The van der Waals surface area contributed by atoms with Crippen molar-refractivity contribution in [3.63, 3.8) is 0 Å². The normalized spacial score (nSPS) is 16.1. The van der Waals surface area contributed by atoms with Gasteiger partial charge >= 0.3 is 0 Å². The monoisotopic (exact) mass is 462 g/mol. The van der Waals surface area contributed by atoms with Gasteiger partial charge in [0.05, 0.1) is 16.7 Å². The second kappa shape index (κ2) is 9.39. The van der Waals surface area contributed by atoms with E-state index in [1.807, 2.05) is 24.3 Å². The number of amides is 2. The van der Waals surface area contributed by atoms with Gasteiger partial charge in [0.25, 0.3) is 11.5 Å². The maximum absolute atomic E-state index is 13.2. The quantitative estimate of drug-likeness (QED) is 0.407. The molecule has 2 aliphatic rings. The molecule has 0 atom stereocenters. The molecule has 2 aromatic carbocycles. The first-order valence-corrected chi connectivity index (χ1v) is 12.4. The van der Waals surface area contributed by atoms with Gasteiger partial charge in [0.2, 0.25) is 5.91 Å². The largest absolute Gasteiger partial charge is 0.349 e. The summed E-state index contributed by atoms with van der Waals surface area (Å²) in [5.41, 5.74) is 1.71. The molecule has 0 spiro atoms. The van der Waals surface area contributed by atoms with Crippen molar-refractivity contribution >= 4 is 40.2 Å². The van der Waals surface area contributed by atoms with Gasteiger partial charge in [0.15, 0.2) is 5.16 Å². The number of thioether (sulfide) groups is 1. The Bertz CT molecular complexity index is 1260. The zero-order valence-corrected chi connectivity index (χ0v) is 19.1. The third-order valence-corrected chi connectivity index (χ3v) is 7.07. The van der Waals surface area contributed by atoms with Crippen LogP contribution in [-0.2, 0) is 4.79 Å². The molecular formula is C25H26N4O3S. The molecule has 1 heterocycles. The lowest BCUT2D eigenvalue weighted by Gasteiger charge is -2.18. The van der Waals surface area contributed by atoms with E-state index in [0.29, 0.717) is 27.3 Å². The van der Waals surface area contributed by atoms with E-state index in [1.165, 1.54) is 11.8 Å². The van der Waals surface area contributed by atoms with Crippen molar-refractivity contribution in [2.45, 2.75) is 55.8 Å². The van der Waals surface area contributed by atoms with Crippen molar-refractivity contribution in [1.82, 2.24) is 14.9 Å². The predicted octanol–water partition coefficient (Wildman–Crippen LogP) is 4.13. The van der Waals surface area contributed by atoms with E-state index < -0.39 is 0 Å². The number of hydrogen-bond acceptors (Lipinski definition) is 5. The number of carbonyl (C=O) groups is 2. The Morgan fingerprint density at radius 2 is 1.82 bits per heavy atom. The lowest BCUT2D eigenvalue weighted by molar-refractivity contribution is -0.113. The third-order valence-electron chi connectivity index (χ3n) is 6.12. The topological polar surface area (TPSA) is 93.1 Å². The summed E-state index contributed by atoms with van der Waals surface area (Å²) in [5.74, 6) is -0.209. The van der Waals surface area contributed by atoms with Crippen LogP contribution in [0.5, 0.6) is 0 Å². The minimum Gasteiger partial charge on any atom is -0.349 e. The molecule has 0 aliphatic heterocycles. The summed E-state index contributed by atoms with van der Waals surface area (Å²) in [6, 6.07) is 14.7. The summed E-state index contributed by atoms with van der Waals surface area (Å²) in [7, 11) is 0. The molecule has 8 heteroatoms. The molecule has 2 N–H and O–H groups in total. The van der Waals surface area contributed by atoms with Gasteiger partial charge in [-0.15, -0.1) is 0 Å². The number of carbonyl (C=O) groups excluding carboxylic acids is 2. The van der Waals surface area contributed by atoms with Gasteiger partial charge in [-0.2, -0.15) is 0 Å². The molecule has 1 aromatic heterocycles. The minimum atomic E-state index is -0.208. The number of fused-ring (bicyclic) bond motifs is 1. The van der Waals surface area contributed by atoms with Crippen LogP contribution in [0.2, 0.25) is 0 Å². The van der Waals surface area contributed by atoms with Gasteiger partial charge in [-0.1, -0.05) is 42.8 Å². The lowest BCUT2D eigenvalue weighted by atomic mass is 10.2. The highest BCUT2D eigenvalue weighted by atomic mass is 32.2. The third kappa shape index (κ3) is 4.95. The first kappa shape index (κ1) is 21.7. The lowest BCUT2D eigenvalue weighted by Crippen LogP contribution is -2.27. The smallest absolute Gasteiger partial charge is 0.262 e. The maximum atomic E-state index is 13.2. The maximum Gasteiger partial charge on any atom is 0.262 e. The summed E-state index contributed by atoms with van der Waals surface area (Å²) >= 11 is 1.28. The van der Waals surface area contributed by atoms with E-state index in [9.17, 15) is 14.4 Å². The van der Waals surface area contributed by atoms with E-state index in [2.05, 4.69) is 10.6 Å². The van der Waals surface area contributed by atoms with E-state index >= 15 is 0 Å². The predicted molar refractivity (Wildman–Crippen MR) is 130 cm³/mol. The summed E-state index contributed by atoms with van der Waals surface area (Å²) in [6.07, 6.45) is 6.14. The van der Waals surface area contributed by atoms with Crippen LogP contribution in [0.15, 0.2) is 58.5 Å². The highest BCUT2D eigenvalue weighted by Gasteiger charge is 2.25. The first-order valence-electron chi connectivity index (χ1n) is 11.4. The van der Waals surface area contributed by atoms with Crippen molar-refractivity contribution in [3.8, 4) is 0 Å². The zero-order valence-electron chi connectivity index (χ0n) is 18.3. The Balaban J connectivity index is 1.31. The number of hydrogen-bond donors (Lipinski definition) is 2. The SMILES string of the molecule is O=C(CSc1nc2ccccc2c(=O)n1C1CCCC1)Nc1cccc(C(=O)NC2CC2)c1. The number of rotatable bonds is 7. The van der Waals surface area contributed by atoms with Gasteiger partial charge in [-0.05, 0) is 56.0 Å². The molecule has 2 saturated carbocycles. The molecule has 170 valence electrons. The molecule has 5 rings (SSSR count). The number of nitrogens with zero attached hydrogens (tertiary/aromatic N) is 2.